The summed E-state index contributed by atoms with van der Waals surface area (Å²) in [6.45, 7) is 0.279. The van der Waals surface area contributed by atoms with Gasteiger partial charge in [-0.2, -0.15) is 0 Å². The van der Waals surface area contributed by atoms with E-state index in [1.807, 2.05) is 0 Å². The zero-order chi connectivity index (χ0) is 11.0. The molecule has 1 aromatic rings. The lowest BCUT2D eigenvalue weighted by atomic mass is 10.3. The Morgan fingerprint density at radius 3 is 3.00 bits per heavy atom. The van der Waals surface area contributed by atoms with E-state index in [0.29, 0.717) is 11.5 Å². The Balaban J connectivity index is 2.37. The molecular weight excluding hydrogens is 262 g/mol. The van der Waals surface area contributed by atoms with Gasteiger partial charge in [-0.3, -0.25) is 4.79 Å². The van der Waals surface area contributed by atoms with Gasteiger partial charge < -0.3 is 15.7 Å². The predicted molar refractivity (Wildman–Crippen MR) is 59.3 cm³/mol. The molecular formula is C9H10BrN3O2. The van der Waals surface area contributed by atoms with Crippen molar-refractivity contribution in [2.24, 2.45) is 0 Å². The van der Waals surface area contributed by atoms with E-state index in [2.05, 4.69) is 20.9 Å². The normalized spacial score (nSPS) is 21.1. The number of nitrogen functional groups attached to an aromatic ring is 1. The van der Waals surface area contributed by atoms with Gasteiger partial charge in [-0.1, -0.05) is 0 Å². The first kappa shape index (κ1) is 10.4. The highest BCUT2D eigenvalue weighted by Gasteiger charge is 2.30. The van der Waals surface area contributed by atoms with Gasteiger partial charge in [0.1, 0.15) is 5.82 Å². The molecule has 0 saturated carbocycles. The van der Waals surface area contributed by atoms with Crippen LogP contribution < -0.4 is 10.6 Å². The standard InChI is InChI=1S/C9H10BrN3O2/c10-5-1-7(9(11)12-3-5)13-4-6(14)2-8(13)15/h1,3,6,14H,2,4H2,(H2,11,12). The van der Waals surface area contributed by atoms with Crippen LogP contribution in [0.4, 0.5) is 11.5 Å². The first-order valence-electron chi connectivity index (χ1n) is 4.47. The first-order chi connectivity index (χ1) is 7.08. The summed E-state index contributed by atoms with van der Waals surface area (Å²) in [5.74, 6) is 0.162. The summed E-state index contributed by atoms with van der Waals surface area (Å²) in [4.78, 5) is 16.9. The number of nitrogens with two attached hydrogens (primary N) is 1. The highest BCUT2D eigenvalue weighted by molar-refractivity contribution is 9.10. The molecule has 0 bridgehead atoms. The number of aromatic nitrogens is 1. The largest absolute Gasteiger partial charge is 0.391 e. The van der Waals surface area contributed by atoms with E-state index in [0.717, 1.165) is 4.47 Å². The molecule has 0 aromatic carbocycles. The summed E-state index contributed by atoms with van der Waals surface area (Å²) in [5, 5.41) is 9.36. The molecule has 0 radical (unpaired) electrons. The van der Waals surface area contributed by atoms with Crippen LogP contribution in [-0.4, -0.2) is 28.6 Å². The summed E-state index contributed by atoms with van der Waals surface area (Å²) in [5.41, 5.74) is 6.22. The SMILES string of the molecule is Nc1ncc(Br)cc1N1CC(O)CC1=O. The van der Waals surface area contributed by atoms with Gasteiger partial charge in [0.05, 0.1) is 24.8 Å². The van der Waals surface area contributed by atoms with Gasteiger partial charge in [-0.15, -0.1) is 0 Å². The van der Waals surface area contributed by atoms with E-state index < -0.39 is 6.10 Å². The summed E-state index contributed by atoms with van der Waals surface area (Å²) in [6, 6.07) is 1.72. The Kier molecular flexibility index (Phi) is 2.62. The van der Waals surface area contributed by atoms with Gasteiger partial charge in [0, 0.05) is 10.7 Å². The highest BCUT2D eigenvalue weighted by atomic mass is 79.9. The second-order valence-electron chi connectivity index (χ2n) is 3.42. The van der Waals surface area contributed by atoms with Gasteiger partial charge in [-0.25, -0.2) is 4.98 Å². The number of anilines is 2. The van der Waals surface area contributed by atoms with Crippen molar-refractivity contribution >= 4 is 33.3 Å². The van der Waals surface area contributed by atoms with Gasteiger partial charge in [0.25, 0.3) is 0 Å². The molecule has 0 aliphatic carbocycles. The lowest BCUT2D eigenvalue weighted by Crippen LogP contribution is -2.26. The molecule has 1 atom stereocenters. The van der Waals surface area contributed by atoms with Crippen LogP contribution in [0, 0.1) is 0 Å². The van der Waals surface area contributed by atoms with Crippen LogP contribution in [0.25, 0.3) is 0 Å². The van der Waals surface area contributed by atoms with E-state index in [4.69, 9.17) is 5.73 Å². The Morgan fingerprint density at radius 1 is 1.67 bits per heavy atom. The Bertz CT molecular complexity index is 410. The van der Waals surface area contributed by atoms with Crippen LogP contribution in [0.1, 0.15) is 6.42 Å². The molecule has 1 fully saturated rings. The zero-order valence-corrected chi connectivity index (χ0v) is 9.44. The Labute approximate surface area is 95.0 Å². The maximum atomic E-state index is 11.5. The fourth-order valence-corrected chi connectivity index (χ4v) is 1.90. The smallest absolute Gasteiger partial charge is 0.229 e. The third-order valence-electron chi connectivity index (χ3n) is 2.26. The number of halogens is 1. The molecule has 2 rings (SSSR count). The maximum Gasteiger partial charge on any atom is 0.229 e. The highest BCUT2D eigenvalue weighted by Crippen LogP contribution is 2.28. The van der Waals surface area contributed by atoms with Crippen LogP contribution in [-0.2, 0) is 4.79 Å². The van der Waals surface area contributed by atoms with Crippen LogP contribution >= 0.6 is 15.9 Å². The van der Waals surface area contributed by atoms with Crippen molar-refractivity contribution in [2.45, 2.75) is 12.5 Å². The van der Waals surface area contributed by atoms with Crippen LogP contribution in [0.3, 0.4) is 0 Å². The number of nitrogens with zero attached hydrogens (tertiary/aromatic N) is 2. The fourth-order valence-electron chi connectivity index (χ4n) is 1.58. The number of amides is 1. The number of pyridine rings is 1. The van der Waals surface area contributed by atoms with Gasteiger partial charge >= 0.3 is 0 Å². The van der Waals surface area contributed by atoms with Gasteiger partial charge in [-0.05, 0) is 22.0 Å². The number of hydrogen-bond acceptors (Lipinski definition) is 4. The molecule has 6 heteroatoms. The van der Waals surface area contributed by atoms with Crippen LogP contribution in [0.2, 0.25) is 0 Å². The fraction of sp³-hybridized carbons (Fsp3) is 0.333. The molecule has 1 amide bonds. The summed E-state index contributed by atoms with van der Waals surface area (Å²) < 4.78 is 0.751. The molecule has 1 aliphatic heterocycles. The zero-order valence-electron chi connectivity index (χ0n) is 7.85. The molecule has 5 nitrogen and oxygen atoms in total. The van der Waals surface area contributed by atoms with E-state index in [-0.39, 0.29) is 18.9 Å². The van der Waals surface area contributed by atoms with Crippen molar-refractivity contribution in [1.82, 2.24) is 4.98 Å². The summed E-state index contributed by atoms with van der Waals surface area (Å²) in [7, 11) is 0. The third kappa shape index (κ3) is 1.95. The molecule has 15 heavy (non-hydrogen) atoms. The number of hydrogen-bond donors (Lipinski definition) is 2. The van der Waals surface area contributed by atoms with E-state index in [1.165, 1.54) is 4.90 Å². The molecule has 2 heterocycles. The Hall–Kier alpha value is -1.14. The average Bonchev–Trinajstić information content (AvgIpc) is 2.50. The van der Waals surface area contributed by atoms with Crippen molar-refractivity contribution in [3.63, 3.8) is 0 Å². The minimum Gasteiger partial charge on any atom is -0.391 e. The molecule has 1 unspecified atom stereocenters. The number of aliphatic hydroxyl groups excluding tert-OH is 1. The lowest BCUT2D eigenvalue weighted by molar-refractivity contribution is -0.117. The number of rotatable bonds is 1. The first-order valence-corrected chi connectivity index (χ1v) is 5.26. The van der Waals surface area contributed by atoms with Gasteiger partial charge in [0.2, 0.25) is 5.91 Å². The van der Waals surface area contributed by atoms with E-state index in [9.17, 15) is 9.90 Å². The monoisotopic (exact) mass is 271 g/mol. The molecule has 80 valence electrons. The average molecular weight is 272 g/mol. The number of β-amino-alcohol motifs (C(OH)–C–C–N with tert-alkyl or cyclic N) is 1. The van der Waals surface area contributed by atoms with Crippen molar-refractivity contribution in [2.75, 3.05) is 17.2 Å². The minimum atomic E-state index is -0.615. The maximum absolute atomic E-state index is 11.5. The van der Waals surface area contributed by atoms with E-state index in [1.54, 1.807) is 12.3 Å². The van der Waals surface area contributed by atoms with Crippen molar-refractivity contribution < 1.29 is 9.90 Å². The lowest BCUT2D eigenvalue weighted by Gasteiger charge is -2.17. The molecule has 0 spiro atoms. The van der Waals surface area contributed by atoms with Gasteiger partial charge in [0.15, 0.2) is 0 Å². The Morgan fingerprint density at radius 2 is 2.40 bits per heavy atom. The summed E-state index contributed by atoms with van der Waals surface area (Å²) >= 11 is 3.26. The van der Waals surface area contributed by atoms with Crippen LogP contribution in [0.15, 0.2) is 16.7 Å². The predicted octanol–water partition coefficient (Wildman–Crippen LogP) is 0.524. The summed E-state index contributed by atoms with van der Waals surface area (Å²) in [6.07, 6.45) is 1.10. The van der Waals surface area contributed by atoms with E-state index >= 15 is 0 Å². The molecule has 1 saturated heterocycles. The van der Waals surface area contributed by atoms with Crippen molar-refractivity contribution in [1.29, 1.82) is 0 Å². The van der Waals surface area contributed by atoms with Crippen molar-refractivity contribution in [3.05, 3.63) is 16.7 Å². The molecule has 1 aromatic heterocycles. The van der Waals surface area contributed by atoms with Crippen molar-refractivity contribution in [3.8, 4) is 0 Å². The topological polar surface area (TPSA) is 79.4 Å². The number of aliphatic hydroxyl groups is 1. The quantitative estimate of drug-likeness (QED) is 0.781. The number of carbonyl (C=O) groups is 1. The third-order valence-corrected chi connectivity index (χ3v) is 2.69. The van der Waals surface area contributed by atoms with Crippen LogP contribution in [0.5, 0.6) is 0 Å². The second-order valence-corrected chi connectivity index (χ2v) is 4.34. The molecule has 1 aliphatic rings. The number of carbonyl (C=O) groups excluding carboxylic acids is 1. The molecule has 3 N–H and O–H groups in total. The second kappa shape index (κ2) is 3.79. The minimum absolute atomic E-state index is 0.130.